The molecular formula is C86H116F2N6O18S2. The number of ether oxygens (including phenoxy) is 6. The molecule has 6 heterocycles. The van der Waals surface area contributed by atoms with Gasteiger partial charge in [-0.15, -0.1) is 0 Å². The van der Waals surface area contributed by atoms with Crippen molar-refractivity contribution in [3.8, 4) is 23.5 Å². The Balaban J connectivity index is 0.000000225. The summed E-state index contributed by atoms with van der Waals surface area (Å²) in [6, 6.07) is 16.6. The molecule has 624 valence electrons. The number of ketones is 2. The van der Waals surface area contributed by atoms with Gasteiger partial charge in [0.15, 0.2) is 11.6 Å². The van der Waals surface area contributed by atoms with Gasteiger partial charge in [-0.05, 0) is 205 Å². The summed E-state index contributed by atoms with van der Waals surface area (Å²) in [4.78, 5) is 126. The number of alkyl halides is 2. The van der Waals surface area contributed by atoms with Crippen LogP contribution in [0.2, 0.25) is 0 Å². The Morgan fingerprint density at radius 3 is 1.25 bits per heavy atom. The molecule has 6 fully saturated rings. The highest BCUT2D eigenvalue weighted by Crippen LogP contribution is 2.59. The van der Waals surface area contributed by atoms with Crippen LogP contribution in [0.3, 0.4) is 0 Å². The molecule has 0 radical (unpaired) electrons. The van der Waals surface area contributed by atoms with E-state index in [0.717, 1.165) is 23.6 Å². The molecule has 28 heteroatoms. The molecule has 14 atom stereocenters. The standard InChI is InChI=1S/2C43H58FN3O9S/c2*1-26(2)54-36-19-29-13-9-11-15-32(29)38(45-36)55-31-20-34-35(48)23-43(40(51)46-57(52,53)42(25-44)16-17-42)22-30(43)14-10-8-12-27(3)18-28(4)33(39(50)47(34)24-31)21-37(49)56-41(5,6)7/h2*9-11,13-15,19,26-28,30-31,33-34H,8,12,16-18,20-25H2,1-7H3,(H,46,51)/b2*14-10-/t27-,28+,30+,31+,33-,34-,43+;27-,28-,30-,31-,33+,34+,43-/m01/s1. The summed E-state index contributed by atoms with van der Waals surface area (Å²) in [5, 5.41) is 3.09. The summed E-state index contributed by atoms with van der Waals surface area (Å²) in [5.41, 5.74) is -4.33. The number of sulfonamides is 2. The number of Topliss-reactive ketones (excluding diaryl/α,β-unsaturated/α-hetero) is 2. The van der Waals surface area contributed by atoms with E-state index in [0.29, 0.717) is 48.2 Å². The molecule has 2 saturated heterocycles. The molecule has 4 saturated carbocycles. The van der Waals surface area contributed by atoms with Crippen molar-refractivity contribution in [1.82, 2.24) is 29.2 Å². The molecule has 4 aliphatic carbocycles. The van der Waals surface area contributed by atoms with Crippen LogP contribution in [-0.2, 0) is 67.9 Å². The van der Waals surface area contributed by atoms with Gasteiger partial charge in [-0.2, -0.15) is 9.97 Å². The lowest BCUT2D eigenvalue weighted by Gasteiger charge is -2.32. The van der Waals surface area contributed by atoms with Crippen molar-refractivity contribution < 1.29 is 92.4 Å². The van der Waals surface area contributed by atoms with Crippen LogP contribution < -0.4 is 28.4 Å². The summed E-state index contributed by atoms with van der Waals surface area (Å²) in [6.07, 6.45) is 10.1. The fourth-order valence-corrected chi connectivity index (χ4v) is 19.9. The Bertz CT molecular complexity index is 4300. The number of halogens is 2. The number of benzene rings is 2. The number of amides is 4. The second-order valence-electron chi connectivity index (χ2n) is 36.4. The van der Waals surface area contributed by atoms with Crippen LogP contribution in [0.25, 0.3) is 21.5 Å². The Hall–Kier alpha value is -8.14. The van der Waals surface area contributed by atoms with Crippen molar-refractivity contribution >= 4 is 88.7 Å². The first-order chi connectivity index (χ1) is 53.5. The Kier molecular flexibility index (Phi) is 26.0. The molecule has 4 amide bonds. The number of nitrogens with zero attached hydrogens (tertiary/aromatic N) is 4. The number of aromatic nitrogens is 2. The first kappa shape index (κ1) is 86.7. The van der Waals surface area contributed by atoms with Crippen molar-refractivity contribution in [2.24, 2.45) is 58.2 Å². The molecule has 24 nitrogen and oxygen atoms in total. The number of hydrogen-bond donors (Lipinski definition) is 2. The van der Waals surface area contributed by atoms with Crippen molar-refractivity contribution in [3.05, 3.63) is 85.0 Å². The van der Waals surface area contributed by atoms with Gasteiger partial charge in [0.05, 0.1) is 72.9 Å². The Morgan fingerprint density at radius 2 is 0.912 bits per heavy atom. The summed E-state index contributed by atoms with van der Waals surface area (Å²) in [5.74, 6) is -5.70. The predicted octanol–water partition coefficient (Wildman–Crippen LogP) is 13.3. The topological polar surface area (TPSA) is 317 Å². The number of esters is 2. The van der Waals surface area contributed by atoms with Crippen LogP contribution in [0.5, 0.6) is 23.5 Å². The molecule has 4 aromatic rings. The molecule has 8 aliphatic rings. The maximum atomic E-state index is 14.9. The van der Waals surface area contributed by atoms with Crippen LogP contribution in [0, 0.1) is 58.2 Å². The first-order valence-electron chi connectivity index (χ1n) is 40.7. The average molecular weight is 1620 g/mol. The van der Waals surface area contributed by atoms with Gasteiger partial charge in [0, 0.05) is 48.6 Å². The zero-order valence-electron chi connectivity index (χ0n) is 68.4. The van der Waals surface area contributed by atoms with E-state index in [4.69, 9.17) is 28.4 Å². The SMILES string of the molecule is CC(C)Oc1cc2ccccc2c(O[C@@H]2C[C@H]3C(=O)C[C@]4(C(=O)NS(=O)(=O)C5(CF)CC5)C[C@H]4/C=C\CC[C@@H](C)C[C@@H](C)[C@H](CC(=O)OC(C)(C)C)C(=O)N3C2)n1.CC(C)Oc1cc2ccccc2c(O[C@@H]2C[C@H]3C(=O)C[C@]4(C(=O)NS(=O)(=O)C5(CF)CC5)C[C@H]4/C=C\CC[C@H](C)C[C@@H](C)[C@H](CC(=O)OC(C)(C)C)C(=O)N3C2)n1. The van der Waals surface area contributed by atoms with Gasteiger partial charge in [0.25, 0.3) is 0 Å². The third kappa shape index (κ3) is 20.1. The third-order valence-electron chi connectivity index (χ3n) is 23.9. The van der Waals surface area contributed by atoms with E-state index < -0.39 is 148 Å². The lowest BCUT2D eigenvalue weighted by Crippen LogP contribution is -2.48. The van der Waals surface area contributed by atoms with Gasteiger partial charge in [0.2, 0.25) is 67.2 Å². The second-order valence-corrected chi connectivity index (χ2v) is 40.6. The average Bonchev–Trinajstić information content (AvgIpc) is 1.56. The minimum absolute atomic E-state index is 0.00350. The van der Waals surface area contributed by atoms with Crippen molar-refractivity contribution in [2.75, 3.05) is 26.4 Å². The summed E-state index contributed by atoms with van der Waals surface area (Å²) >= 11 is 0. The lowest BCUT2D eigenvalue weighted by atomic mass is 9.82. The molecule has 2 aromatic carbocycles. The Morgan fingerprint density at radius 1 is 0.553 bits per heavy atom. The van der Waals surface area contributed by atoms with E-state index in [-0.39, 0.29) is 150 Å². The van der Waals surface area contributed by atoms with Crippen molar-refractivity contribution in [1.29, 1.82) is 0 Å². The van der Waals surface area contributed by atoms with Gasteiger partial charge >= 0.3 is 11.9 Å². The van der Waals surface area contributed by atoms with E-state index in [1.54, 1.807) is 41.5 Å². The number of fused-ring (bicyclic) bond motifs is 6. The molecular weight excluding hydrogens is 1510 g/mol. The number of rotatable bonds is 20. The van der Waals surface area contributed by atoms with Crippen molar-refractivity contribution in [2.45, 2.75) is 270 Å². The molecule has 2 aromatic heterocycles. The lowest BCUT2D eigenvalue weighted by molar-refractivity contribution is -0.160. The quantitative estimate of drug-likeness (QED) is 0.0613. The molecule has 0 spiro atoms. The van der Waals surface area contributed by atoms with Gasteiger partial charge in [0.1, 0.15) is 46.3 Å². The summed E-state index contributed by atoms with van der Waals surface area (Å²) in [6.45, 7) is 24.0. The number of nitrogens with one attached hydrogen (secondary N) is 2. The van der Waals surface area contributed by atoms with Gasteiger partial charge in [-0.1, -0.05) is 88.4 Å². The number of carbonyl (C=O) groups is 8. The normalized spacial score (nSPS) is 29.7. The monoisotopic (exact) mass is 1620 g/mol. The highest BCUT2D eigenvalue weighted by atomic mass is 32.2. The van der Waals surface area contributed by atoms with Gasteiger partial charge in [-0.3, -0.25) is 47.8 Å². The number of pyridine rings is 2. The highest BCUT2D eigenvalue weighted by Gasteiger charge is 2.66. The molecule has 114 heavy (non-hydrogen) atoms. The number of allylic oxidation sites excluding steroid dienone is 4. The van der Waals surface area contributed by atoms with Crippen LogP contribution in [0.15, 0.2) is 85.0 Å². The molecule has 2 N–H and O–H groups in total. The smallest absolute Gasteiger partial charge is 0.307 e. The molecule has 4 aliphatic heterocycles. The zero-order chi connectivity index (χ0) is 83.0. The third-order valence-corrected chi connectivity index (χ3v) is 28.1. The maximum absolute atomic E-state index is 14.9. The minimum atomic E-state index is -4.34. The van der Waals surface area contributed by atoms with E-state index in [1.807, 2.05) is 127 Å². The number of hydrogen-bond acceptors (Lipinski definition) is 20. The van der Waals surface area contributed by atoms with E-state index >= 15 is 0 Å². The van der Waals surface area contributed by atoms with Crippen LogP contribution in [-0.4, -0.2) is 167 Å². The maximum Gasteiger partial charge on any atom is 0.307 e. The predicted molar refractivity (Wildman–Crippen MR) is 425 cm³/mol. The zero-order valence-corrected chi connectivity index (χ0v) is 70.1. The van der Waals surface area contributed by atoms with Crippen LogP contribution in [0.1, 0.15) is 213 Å². The second kappa shape index (κ2) is 34.2. The van der Waals surface area contributed by atoms with Crippen LogP contribution in [0.4, 0.5) is 8.78 Å². The fraction of sp³-hybridized carbons (Fsp3) is 0.651. The van der Waals surface area contributed by atoms with Gasteiger partial charge < -0.3 is 38.2 Å². The molecule has 0 unspecified atom stereocenters. The minimum Gasteiger partial charge on any atom is -0.475 e. The Labute approximate surface area is 669 Å². The largest absolute Gasteiger partial charge is 0.475 e. The highest BCUT2D eigenvalue weighted by molar-refractivity contribution is 7.92. The van der Waals surface area contributed by atoms with Crippen molar-refractivity contribution in [3.63, 3.8) is 0 Å². The van der Waals surface area contributed by atoms with E-state index in [2.05, 4.69) is 33.3 Å². The molecule has 0 bridgehead atoms. The van der Waals surface area contributed by atoms with E-state index in [1.165, 1.54) is 9.80 Å². The first-order valence-corrected chi connectivity index (χ1v) is 43.6. The fourth-order valence-electron chi connectivity index (χ4n) is 17.0. The van der Waals surface area contributed by atoms with Gasteiger partial charge in [-0.25, -0.2) is 25.6 Å². The number of carbonyl (C=O) groups excluding carboxylic acids is 8. The van der Waals surface area contributed by atoms with Crippen LogP contribution >= 0.6 is 0 Å². The summed E-state index contributed by atoms with van der Waals surface area (Å²) in [7, 11) is -8.68. The van der Waals surface area contributed by atoms with E-state index in [9.17, 15) is 64.0 Å². The summed E-state index contributed by atoms with van der Waals surface area (Å²) < 4.78 is 118. The molecule has 12 rings (SSSR count).